The predicted molar refractivity (Wildman–Crippen MR) is 136 cm³/mol. The van der Waals surface area contributed by atoms with Crippen LogP contribution in [0.2, 0.25) is 0 Å². The Morgan fingerprint density at radius 2 is 1.92 bits per heavy atom. The van der Waals surface area contributed by atoms with Crippen molar-refractivity contribution >= 4 is 23.7 Å². The average Bonchev–Trinajstić information content (AvgIpc) is 3.36. The number of amides is 3. The third-order valence-corrected chi connectivity index (χ3v) is 7.83. The Morgan fingerprint density at radius 1 is 1.18 bits per heavy atom. The number of hydrazine groups is 1. The molecule has 3 rings (SSSR count). The van der Waals surface area contributed by atoms with E-state index >= 15 is 0 Å². The standard InChI is InChI=1S/C26H42N6O6/c1-4-6-9-18(16-22(33)29-38)25(35)31-20(10-7-13-27-31)24(34)28-23(17(3)5-2)19-12-15-30-14-8-11-21(26(36)37)32(19)30/h12,15,17-18,20-21,23,27H,4-11,13-14,16H2,1-3H3,(H3-,28,29,33,34,36,37,38)/p+1/t17?,18-,20+,21?,23?/m1/s1. The second-order valence-electron chi connectivity index (χ2n) is 10.5. The van der Waals surface area contributed by atoms with Gasteiger partial charge < -0.3 is 10.4 Å². The first-order chi connectivity index (χ1) is 18.2. The van der Waals surface area contributed by atoms with Gasteiger partial charge in [0, 0.05) is 31.4 Å². The SMILES string of the molecule is CCCC[C@H](CC(=O)NO)C(=O)N1NCCC[C@H]1C(=O)NC(c1cc[n+]2n1C(C(=O)O)CCC2)C(C)CC. The molecule has 0 aromatic carbocycles. The van der Waals surface area contributed by atoms with Crippen molar-refractivity contribution in [2.45, 2.75) is 103 Å². The number of carbonyl (C=O) groups excluding carboxylic acids is 3. The van der Waals surface area contributed by atoms with E-state index < -0.39 is 35.9 Å². The maximum Gasteiger partial charge on any atom is 0.332 e. The molecular weight excluding hydrogens is 492 g/mol. The van der Waals surface area contributed by atoms with E-state index in [0.29, 0.717) is 38.8 Å². The molecule has 0 radical (unpaired) electrons. The average molecular weight is 536 g/mol. The third kappa shape index (κ3) is 6.71. The van der Waals surface area contributed by atoms with Gasteiger partial charge >= 0.3 is 5.97 Å². The van der Waals surface area contributed by atoms with Gasteiger partial charge in [-0.05, 0) is 31.6 Å². The Hall–Kier alpha value is -2.99. The maximum absolute atomic E-state index is 13.7. The fraction of sp³-hybridized carbons (Fsp3) is 0.731. The van der Waals surface area contributed by atoms with Gasteiger partial charge in [0.2, 0.25) is 17.7 Å². The van der Waals surface area contributed by atoms with Gasteiger partial charge in [-0.25, -0.2) is 15.7 Å². The lowest BCUT2D eigenvalue weighted by molar-refractivity contribution is -0.784. The number of carboxylic acid groups (broad SMARTS) is 1. The van der Waals surface area contributed by atoms with Crippen LogP contribution in [0.4, 0.5) is 0 Å². The molecule has 212 valence electrons. The molecule has 5 atom stereocenters. The Balaban J connectivity index is 1.86. The number of nitrogens with zero attached hydrogens (tertiary/aromatic N) is 3. The number of fused-ring (bicyclic) bond motifs is 1. The predicted octanol–water partition coefficient (Wildman–Crippen LogP) is 1.60. The summed E-state index contributed by atoms with van der Waals surface area (Å²) in [6.45, 7) is 7.27. The summed E-state index contributed by atoms with van der Waals surface area (Å²) in [7, 11) is 0. The molecule has 1 saturated heterocycles. The Bertz CT molecular complexity index is 997. The van der Waals surface area contributed by atoms with Crippen LogP contribution in [0.15, 0.2) is 12.3 Å². The summed E-state index contributed by atoms with van der Waals surface area (Å²) in [5.41, 5.74) is 5.41. The number of nitrogens with one attached hydrogen (secondary N) is 3. The molecule has 1 aromatic heterocycles. The summed E-state index contributed by atoms with van der Waals surface area (Å²) in [6.07, 6.45) is 6.96. The van der Waals surface area contributed by atoms with Crippen molar-refractivity contribution in [3.63, 3.8) is 0 Å². The van der Waals surface area contributed by atoms with E-state index in [9.17, 15) is 24.3 Å². The van der Waals surface area contributed by atoms with Crippen molar-refractivity contribution in [3.05, 3.63) is 18.0 Å². The molecule has 1 aromatic rings. The number of unbranched alkanes of at least 4 members (excludes halogenated alkanes) is 1. The second-order valence-corrected chi connectivity index (χ2v) is 10.5. The molecule has 0 spiro atoms. The molecule has 3 unspecified atom stereocenters. The minimum absolute atomic E-state index is 0.0150. The van der Waals surface area contributed by atoms with Gasteiger partial charge in [-0.3, -0.25) is 24.6 Å². The first-order valence-corrected chi connectivity index (χ1v) is 13.9. The zero-order chi connectivity index (χ0) is 27.8. The van der Waals surface area contributed by atoms with Crippen molar-refractivity contribution in [2.75, 3.05) is 6.54 Å². The molecular formula is C26H43N6O6+. The molecule has 1 fully saturated rings. The number of aliphatic carboxylic acids is 1. The number of hydrogen-bond acceptors (Lipinski definition) is 6. The zero-order valence-corrected chi connectivity index (χ0v) is 22.7. The second kappa shape index (κ2) is 13.7. The smallest absolute Gasteiger partial charge is 0.332 e. The molecule has 0 aliphatic carbocycles. The number of rotatable bonds is 12. The van der Waals surface area contributed by atoms with Gasteiger partial charge in [0.15, 0.2) is 18.8 Å². The van der Waals surface area contributed by atoms with E-state index in [2.05, 4.69) is 10.7 Å². The van der Waals surface area contributed by atoms with Crippen LogP contribution in [0.1, 0.15) is 96.3 Å². The summed E-state index contributed by atoms with van der Waals surface area (Å²) >= 11 is 0. The molecule has 2 aliphatic rings. The van der Waals surface area contributed by atoms with Gasteiger partial charge in [0.25, 0.3) is 0 Å². The Morgan fingerprint density at radius 3 is 2.58 bits per heavy atom. The van der Waals surface area contributed by atoms with Crippen molar-refractivity contribution in [1.29, 1.82) is 0 Å². The molecule has 12 heteroatoms. The number of carbonyl (C=O) groups is 4. The first-order valence-electron chi connectivity index (χ1n) is 13.9. The van der Waals surface area contributed by atoms with Crippen LogP contribution in [-0.4, -0.2) is 56.3 Å². The summed E-state index contributed by atoms with van der Waals surface area (Å²) in [5, 5.41) is 23.4. The lowest BCUT2D eigenvalue weighted by Gasteiger charge is -2.38. The fourth-order valence-electron chi connectivity index (χ4n) is 5.48. The summed E-state index contributed by atoms with van der Waals surface area (Å²) in [4.78, 5) is 51.2. The fourth-order valence-corrected chi connectivity index (χ4v) is 5.48. The van der Waals surface area contributed by atoms with Gasteiger partial charge in [-0.2, -0.15) is 0 Å². The Labute approximate surface area is 223 Å². The van der Waals surface area contributed by atoms with Crippen LogP contribution in [0, 0.1) is 11.8 Å². The molecule has 3 heterocycles. The molecule has 38 heavy (non-hydrogen) atoms. The molecule has 0 saturated carbocycles. The van der Waals surface area contributed by atoms with E-state index in [-0.39, 0.29) is 24.2 Å². The number of hydrogen-bond donors (Lipinski definition) is 5. The number of aromatic nitrogens is 2. The lowest BCUT2D eigenvalue weighted by atomic mass is 9.93. The van der Waals surface area contributed by atoms with E-state index in [1.165, 1.54) is 5.01 Å². The van der Waals surface area contributed by atoms with Gasteiger partial charge in [-0.15, -0.1) is 9.36 Å². The minimum Gasteiger partial charge on any atom is -0.480 e. The van der Waals surface area contributed by atoms with Gasteiger partial charge in [0.1, 0.15) is 11.7 Å². The molecule has 0 bridgehead atoms. The summed E-state index contributed by atoms with van der Waals surface area (Å²) in [5.74, 6) is -2.86. The number of carboxylic acids is 1. The molecule has 2 aliphatic heterocycles. The summed E-state index contributed by atoms with van der Waals surface area (Å²) in [6, 6.07) is -0.0376. The highest BCUT2D eigenvalue weighted by atomic mass is 16.5. The van der Waals surface area contributed by atoms with Crippen LogP contribution < -0.4 is 20.9 Å². The number of hydroxylamine groups is 1. The highest BCUT2D eigenvalue weighted by molar-refractivity contribution is 5.90. The zero-order valence-electron chi connectivity index (χ0n) is 22.7. The minimum atomic E-state index is -0.900. The normalized spacial score (nSPS) is 21.6. The first kappa shape index (κ1) is 29.6. The number of aryl methyl sites for hydroxylation is 1. The van der Waals surface area contributed by atoms with Gasteiger partial charge in [-0.1, -0.05) is 40.0 Å². The maximum atomic E-state index is 13.7. The van der Waals surface area contributed by atoms with E-state index in [1.54, 1.807) is 10.2 Å². The van der Waals surface area contributed by atoms with Crippen LogP contribution in [-0.2, 0) is 25.7 Å². The van der Waals surface area contributed by atoms with Crippen LogP contribution in [0.5, 0.6) is 0 Å². The van der Waals surface area contributed by atoms with Crippen LogP contribution in [0.25, 0.3) is 0 Å². The lowest BCUT2D eigenvalue weighted by Crippen LogP contribution is -2.60. The Kier molecular flexibility index (Phi) is 10.7. The van der Waals surface area contributed by atoms with Crippen molar-refractivity contribution in [3.8, 4) is 0 Å². The van der Waals surface area contributed by atoms with E-state index in [0.717, 1.165) is 31.4 Å². The van der Waals surface area contributed by atoms with Crippen LogP contribution in [0.3, 0.4) is 0 Å². The van der Waals surface area contributed by atoms with Gasteiger partial charge in [0.05, 0.1) is 6.04 Å². The monoisotopic (exact) mass is 535 g/mol. The van der Waals surface area contributed by atoms with Crippen molar-refractivity contribution < 1.29 is 34.2 Å². The third-order valence-electron chi connectivity index (χ3n) is 7.83. The summed E-state index contributed by atoms with van der Waals surface area (Å²) < 4.78 is 3.70. The van der Waals surface area contributed by atoms with E-state index in [4.69, 9.17) is 5.21 Å². The highest BCUT2D eigenvalue weighted by Gasteiger charge is 2.40. The van der Waals surface area contributed by atoms with Crippen molar-refractivity contribution in [2.24, 2.45) is 11.8 Å². The molecule has 12 nitrogen and oxygen atoms in total. The molecule has 3 amide bonds. The topological polar surface area (TPSA) is 157 Å². The largest absolute Gasteiger partial charge is 0.480 e. The van der Waals surface area contributed by atoms with Crippen molar-refractivity contribution in [1.82, 2.24) is 25.9 Å². The van der Waals surface area contributed by atoms with E-state index in [1.807, 2.05) is 37.7 Å². The quantitative estimate of drug-likeness (QED) is 0.155. The van der Waals surface area contributed by atoms with Crippen LogP contribution >= 0.6 is 0 Å². The highest BCUT2D eigenvalue weighted by Crippen LogP contribution is 2.30. The molecule has 5 N–H and O–H groups in total.